The first-order valence-electron chi connectivity index (χ1n) is 4.27. The number of rotatable bonds is 3. The Morgan fingerprint density at radius 2 is 2.00 bits per heavy atom. The van der Waals surface area contributed by atoms with Gasteiger partial charge in [-0.2, -0.15) is 5.26 Å². The van der Waals surface area contributed by atoms with Gasteiger partial charge in [0.25, 0.3) is 5.24 Å². The second-order valence-corrected chi connectivity index (χ2v) is 3.08. The molecule has 0 spiro atoms. The van der Waals surface area contributed by atoms with Gasteiger partial charge in [-0.3, -0.25) is 4.79 Å². The van der Waals surface area contributed by atoms with Gasteiger partial charge in [0.15, 0.2) is 0 Å². The number of carbonyl (C=O) groups is 1. The van der Waals surface area contributed by atoms with E-state index in [1.807, 2.05) is 30.3 Å². The SMILES string of the molecule is N#CC(=CC=Cc1ccccc1)C(=O)Cl. The van der Waals surface area contributed by atoms with Crippen LogP contribution in [0, 0.1) is 11.3 Å². The van der Waals surface area contributed by atoms with Crippen molar-refractivity contribution < 1.29 is 4.79 Å². The lowest BCUT2D eigenvalue weighted by Gasteiger charge is -1.89. The summed E-state index contributed by atoms with van der Waals surface area (Å²) in [6.45, 7) is 0. The average Bonchev–Trinajstić information content (AvgIpc) is 2.25. The molecule has 0 atom stereocenters. The van der Waals surface area contributed by atoms with Crippen LogP contribution in [-0.2, 0) is 4.79 Å². The van der Waals surface area contributed by atoms with E-state index in [1.165, 1.54) is 6.08 Å². The molecule has 0 heterocycles. The van der Waals surface area contributed by atoms with E-state index in [1.54, 1.807) is 18.2 Å². The summed E-state index contributed by atoms with van der Waals surface area (Å²) in [5, 5.41) is 7.80. The zero-order valence-corrected chi connectivity index (χ0v) is 8.61. The van der Waals surface area contributed by atoms with Gasteiger partial charge < -0.3 is 0 Å². The van der Waals surface area contributed by atoms with Crippen molar-refractivity contribution in [3.63, 3.8) is 0 Å². The summed E-state index contributed by atoms with van der Waals surface area (Å²) in [4.78, 5) is 10.7. The number of carbonyl (C=O) groups excluding carboxylic acids is 1. The van der Waals surface area contributed by atoms with Gasteiger partial charge in [-0.15, -0.1) is 0 Å². The van der Waals surface area contributed by atoms with Gasteiger partial charge in [0.1, 0.15) is 11.6 Å². The third-order valence-electron chi connectivity index (χ3n) is 1.68. The quantitative estimate of drug-likeness (QED) is 0.338. The molecule has 0 saturated heterocycles. The van der Waals surface area contributed by atoms with Crippen molar-refractivity contribution in [3.05, 3.63) is 53.6 Å². The van der Waals surface area contributed by atoms with Crippen LogP contribution in [0.5, 0.6) is 0 Å². The number of hydrogen-bond donors (Lipinski definition) is 0. The predicted octanol–water partition coefficient (Wildman–Crippen LogP) is 2.92. The molecule has 0 unspecified atom stereocenters. The highest BCUT2D eigenvalue weighted by atomic mass is 35.5. The molecule has 0 bridgehead atoms. The second-order valence-electron chi connectivity index (χ2n) is 2.74. The van der Waals surface area contributed by atoms with Gasteiger partial charge in [0, 0.05) is 0 Å². The molecule has 0 amide bonds. The Morgan fingerprint density at radius 3 is 2.53 bits per heavy atom. The Balaban J connectivity index is 2.76. The number of nitrogens with zero attached hydrogens (tertiary/aromatic N) is 1. The molecule has 0 N–H and O–H groups in total. The number of nitriles is 1. The Kier molecular flexibility index (Phi) is 4.33. The highest BCUT2D eigenvalue weighted by Crippen LogP contribution is 2.03. The molecule has 0 aliphatic rings. The number of hydrogen-bond acceptors (Lipinski definition) is 2. The lowest BCUT2D eigenvalue weighted by atomic mass is 10.2. The fourth-order valence-electron chi connectivity index (χ4n) is 0.966. The first-order valence-corrected chi connectivity index (χ1v) is 4.65. The molecule has 0 fully saturated rings. The molecule has 15 heavy (non-hydrogen) atoms. The fraction of sp³-hybridized carbons (Fsp3) is 0. The van der Waals surface area contributed by atoms with Gasteiger partial charge in [-0.05, 0) is 23.2 Å². The molecular formula is C12H8ClNO. The lowest BCUT2D eigenvalue weighted by Crippen LogP contribution is -1.87. The molecule has 0 aliphatic heterocycles. The molecule has 0 radical (unpaired) electrons. The van der Waals surface area contributed by atoms with Crippen molar-refractivity contribution in [2.24, 2.45) is 0 Å². The first-order chi connectivity index (χ1) is 7.24. The van der Waals surface area contributed by atoms with Crippen LogP contribution in [0.3, 0.4) is 0 Å². The molecule has 1 aromatic rings. The van der Waals surface area contributed by atoms with Crippen LogP contribution < -0.4 is 0 Å². The highest BCUT2D eigenvalue weighted by Gasteiger charge is 2.01. The Bertz CT molecular complexity index is 440. The summed E-state index contributed by atoms with van der Waals surface area (Å²) in [6.07, 6.45) is 4.80. The van der Waals surface area contributed by atoms with Crippen LogP contribution in [0.1, 0.15) is 5.56 Å². The first kappa shape index (κ1) is 11.2. The maximum atomic E-state index is 10.7. The molecule has 0 aromatic heterocycles. The van der Waals surface area contributed by atoms with E-state index in [-0.39, 0.29) is 5.57 Å². The summed E-state index contributed by atoms with van der Waals surface area (Å²) in [6, 6.07) is 11.3. The second kappa shape index (κ2) is 5.79. The highest BCUT2D eigenvalue weighted by molar-refractivity contribution is 6.68. The van der Waals surface area contributed by atoms with Crippen molar-refractivity contribution in [1.82, 2.24) is 0 Å². The van der Waals surface area contributed by atoms with Gasteiger partial charge in [-0.25, -0.2) is 0 Å². The van der Waals surface area contributed by atoms with Crippen molar-refractivity contribution in [1.29, 1.82) is 5.26 Å². The molecule has 74 valence electrons. The predicted molar refractivity (Wildman–Crippen MR) is 60.0 cm³/mol. The van der Waals surface area contributed by atoms with E-state index >= 15 is 0 Å². The third-order valence-corrected chi connectivity index (χ3v) is 1.89. The summed E-state index contributed by atoms with van der Waals surface area (Å²) in [5.41, 5.74) is 0.928. The van der Waals surface area contributed by atoms with Crippen LogP contribution in [0.25, 0.3) is 6.08 Å². The minimum Gasteiger partial charge on any atom is -0.275 e. The van der Waals surface area contributed by atoms with Crippen molar-refractivity contribution >= 4 is 22.9 Å². The van der Waals surface area contributed by atoms with Crippen LogP contribution in [-0.4, -0.2) is 5.24 Å². The zero-order chi connectivity index (χ0) is 11.1. The smallest absolute Gasteiger partial charge is 0.262 e. The maximum Gasteiger partial charge on any atom is 0.262 e. The van der Waals surface area contributed by atoms with E-state index in [4.69, 9.17) is 16.9 Å². The molecular weight excluding hydrogens is 210 g/mol. The van der Waals surface area contributed by atoms with Crippen LogP contribution in [0.15, 0.2) is 48.1 Å². The van der Waals surface area contributed by atoms with Crippen molar-refractivity contribution in [2.45, 2.75) is 0 Å². The van der Waals surface area contributed by atoms with Crippen LogP contribution >= 0.6 is 11.6 Å². The summed E-state index contributed by atoms with van der Waals surface area (Å²) in [5.74, 6) is 0. The number of allylic oxidation sites excluding steroid dienone is 3. The van der Waals surface area contributed by atoms with E-state index in [0.717, 1.165) is 5.56 Å². The molecule has 3 heteroatoms. The minimum absolute atomic E-state index is 0.0659. The summed E-state index contributed by atoms with van der Waals surface area (Å²) >= 11 is 5.16. The van der Waals surface area contributed by atoms with Gasteiger partial charge in [0.05, 0.1) is 0 Å². The van der Waals surface area contributed by atoms with Gasteiger partial charge in [0.2, 0.25) is 0 Å². The Morgan fingerprint density at radius 1 is 1.33 bits per heavy atom. The molecule has 1 rings (SSSR count). The molecule has 2 nitrogen and oxygen atoms in total. The normalized spacial score (nSPS) is 11.3. The zero-order valence-electron chi connectivity index (χ0n) is 7.85. The van der Waals surface area contributed by atoms with E-state index in [2.05, 4.69) is 0 Å². The monoisotopic (exact) mass is 217 g/mol. The van der Waals surface area contributed by atoms with E-state index < -0.39 is 5.24 Å². The fourth-order valence-corrected chi connectivity index (χ4v) is 1.07. The lowest BCUT2D eigenvalue weighted by molar-refractivity contribution is -0.108. The Hall–Kier alpha value is -1.85. The third kappa shape index (κ3) is 3.80. The van der Waals surface area contributed by atoms with Crippen LogP contribution in [0.2, 0.25) is 0 Å². The topological polar surface area (TPSA) is 40.9 Å². The summed E-state index contributed by atoms with van der Waals surface area (Å²) in [7, 11) is 0. The standard InChI is InChI=1S/C12H8ClNO/c13-12(15)11(9-14)8-4-7-10-5-2-1-3-6-10/h1-8H. The molecule has 1 aromatic carbocycles. The minimum atomic E-state index is -0.741. The van der Waals surface area contributed by atoms with Crippen molar-refractivity contribution in [2.75, 3.05) is 0 Å². The Labute approximate surface area is 93.1 Å². The number of benzene rings is 1. The summed E-state index contributed by atoms with van der Waals surface area (Å²) < 4.78 is 0. The van der Waals surface area contributed by atoms with Crippen LogP contribution in [0.4, 0.5) is 0 Å². The largest absolute Gasteiger partial charge is 0.275 e. The maximum absolute atomic E-state index is 10.7. The number of halogens is 1. The average molecular weight is 218 g/mol. The van der Waals surface area contributed by atoms with E-state index in [0.29, 0.717) is 0 Å². The molecule has 0 aliphatic carbocycles. The molecule has 0 saturated carbocycles. The van der Waals surface area contributed by atoms with Gasteiger partial charge >= 0.3 is 0 Å². The van der Waals surface area contributed by atoms with Gasteiger partial charge in [-0.1, -0.05) is 42.5 Å². The van der Waals surface area contributed by atoms with E-state index in [9.17, 15) is 4.79 Å². The van der Waals surface area contributed by atoms with Crippen molar-refractivity contribution in [3.8, 4) is 6.07 Å².